The van der Waals surface area contributed by atoms with Crippen LogP contribution in [0.25, 0.3) is 11.0 Å². The van der Waals surface area contributed by atoms with E-state index in [-0.39, 0.29) is 5.41 Å². The highest BCUT2D eigenvalue weighted by atomic mass is 16.5. The summed E-state index contributed by atoms with van der Waals surface area (Å²) in [6.45, 7) is 0.650. The molecule has 4 saturated carbocycles. The molecule has 0 unspecified atom stereocenters. The molecule has 6 rings (SSSR count). The Balaban J connectivity index is 1.22. The zero-order chi connectivity index (χ0) is 17.7. The van der Waals surface area contributed by atoms with Crippen LogP contribution in [-0.2, 0) is 11.2 Å². The van der Waals surface area contributed by atoms with Crippen molar-refractivity contribution in [3.8, 4) is 5.75 Å². The van der Waals surface area contributed by atoms with Gasteiger partial charge in [-0.15, -0.1) is 0 Å². The van der Waals surface area contributed by atoms with Gasteiger partial charge in [0, 0.05) is 24.4 Å². The van der Waals surface area contributed by atoms with E-state index in [9.17, 15) is 4.79 Å². The van der Waals surface area contributed by atoms with Crippen LogP contribution in [-0.4, -0.2) is 29.5 Å². The normalized spacial score (nSPS) is 32.1. The van der Waals surface area contributed by atoms with Crippen LogP contribution < -0.4 is 10.1 Å². The van der Waals surface area contributed by atoms with Gasteiger partial charge in [0.05, 0.1) is 18.1 Å². The van der Waals surface area contributed by atoms with Gasteiger partial charge < -0.3 is 15.0 Å². The van der Waals surface area contributed by atoms with Crippen molar-refractivity contribution in [1.29, 1.82) is 0 Å². The summed E-state index contributed by atoms with van der Waals surface area (Å²) in [6.07, 6.45) is 8.20. The molecule has 4 aliphatic rings. The maximum absolute atomic E-state index is 13.0. The van der Waals surface area contributed by atoms with Crippen LogP contribution in [0.4, 0.5) is 0 Å². The number of rotatable bonds is 5. The van der Waals surface area contributed by atoms with Crippen LogP contribution in [0.1, 0.15) is 44.3 Å². The molecule has 4 fully saturated rings. The minimum atomic E-state index is -0.0595. The molecule has 2 N–H and O–H groups in total. The molecule has 5 heteroatoms. The average Bonchev–Trinajstić information content (AvgIpc) is 3.02. The van der Waals surface area contributed by atoms with Crippen LogP contribution in [0.3, 0.4) is 0 Å². The number of hydrogen-bond donors (Lipinski definition) is 2. The van der Waals surface area contributed by atoms with Gasteiger partial charge in [-0.25, -0.2) is 4.98 Å². The first-order chi connectivity index (χ1) is 12.6. The Morgan fingerprint density at radius 2 is 1.92 bits per heavy atom. The molecule has 1 aromatic carbocycles. The molecule has 0 spiro atoms. The fraction of sp³-hybridized carbons (Fsp3) is 0.619. The summed E-state index contributed by atoms with van der Waals surface area (Å²) < 4.78 is 5.26. The van der Waals surface area contributed by atoms with Gasteiger partial charge in [-0.2, -0.15) is 0 Å². The zero-order valence-electron chi connectivity index (χ0n) is 15.4. The van der Waals surface area contributed by atoms with E-state index in [4.69, 9.17) is 4.74 Å². The average molecular weight is 353 g/mol. The second-order valence-corrected chi connectivity index (χ2v) is 8.77. The Kier molecular flexibility index (Phi) is 3.73. The minimum absolute atomic E-state index is 0.0595. The highest BCUT2D eigenvalue weighted by molar-refractivity contribution is 5.83. The van der Waals surface area contributed by atoms with Gasteiger partial charge in [-0.3, -0.25) is 4.79 Å². The third kappa shape index (κ3) is 2.68. The fourth-order valence-electron chi connectivity index (χ4n) is 6.16. The molecule has 4 aliphatic carbocycles. The van der Waals surface area contributed by atoms with E-state index in [0.717, 1.165) is 66.0 Å². The molecular weight excluding hydrogens is 326 g/mol. The van der Waals surface area contributed by atoms with Gasteiger partial charge in [0.25, 0.3) is 0 Å². The Morgan fingerprint density at radius 1 is 1.23 bits per heavy atom. The Morgan fingerprint density at radius 3 is 2.58 bits per heavy atom. The SMILES string of the molecule is COc1ccc2nc(CCNC(=O)C34CC5CC(CC(C5)C3)C4)[nH]c2c1. The Hall–Kier alpha value is -2.04. The standard InChI is InChI=1S/C21H27N3O2/c1-26-16-2-3-17-18(9-16)24-19(23-17)4-5-22-20(25)21-10-13-6-14(11-21)8-15(7-13)12-21/h2-3,9,13-15H,4-8,10-12H2,1H3,(H,22,25)(H,23,24). The third-order valence-electron chi connectivity index (χ3n) is 6.91. The van der Waals surface area contributed by atoms with Crippen molar-refractivity contribution in [2.45, 2.75) is 44.9 Å². The molecule has 1 amide bonds. The van der Waals surface area contributed by atoms with Crippen molar-refractivity contribution in [2.75, 3.05) is 13.7 Å². The zero-order valence-corrected chi connectivity index (χ0v) is 15.4. The maximum atomic E-state index is 13.0. The number of H-pyrrole nitrogens is 1. The summed E-state index contributed by atoms with van der Waals surface area (Å²) >= 11 is 0. The lowest BCUT2D eigenvalue weighted by Gasteiger charge is -2.55. The van der Waals surface area contributed by atoms with Crippen molar-refractivity contribution >= 4 is 16.9 Å². The van der Waals surface area contributed by atoms with Gasteiger partial charge in [0.15, 0.2) is 0 Å². The quantitative estimate of drug-likeness (QED) is 0.865. The Bertz CT molecular complexity index is 806. The van der Waals surface area contributed by atoms with Crippen LogP contribution in [0, 0.1) is 23.2 Å². The fourth-order valence-corrected chi connectivity index (χ4v) is 6.16. The number of nitrogens with one attached hydrogen (secondary N) is 2. The largest absolute Gasteiger partial charge is 0.497 e. The van der Waals surface area contributed by atoms with Gasteiger partial charge in [0.1, 0.15) is 11.6 Å². The number of methoxy groups -OCH3 is 1. The van der Waals surface area contributed by atoms with Crippen LogP contribution >= 0.6 is 0 Å². The number of amides is 1. The number of benzene rings is 1. The van der Waals surface area contributed by atoms with E-state index in [1.165, 1.54) is 19.3 Å². The lowest BCUT2D eigenvalue weighted by Crippen LogP contribution is -2.53. The molecule has 5 nitrogen and oxygen atoms in total. The van der Waals surface area contributed by atoms with E-state index in [1.807, 2.05) is 18.2 Å². The summed E-state index contributed by atoms with van der Waals surface area (Å²) in [5, 5.41) is 3.23. The summed E-state index contributed by atoms with van der Waals surface area (Å²) in [7, 11) is 1.67. The van der Waals surface area contributed by atoms with Crippen molar-refractivity contribution in [3.63, 3.8) is 0 Å². The highest BCUT2D eigenvalue weighted by Crippen LogP contribution is 2.60. The molecule has 0 aliphatic heterocycles. The molecule has 0 saturated heterocycles. The molecule has 26 heavy (non-hydrogen) atoms. The lowest BCUT2D eigenvalue weighted by atomic mass is 9.49. The predicted octanol–water partition coefficient (Wildman–Crippen LogP) is 3.45. The van der Waals surface area contributed by atoms with E-state index in [1.54, 1.807) is 7.11 Å². The van der Waals surface area contributed by atoms with Gasteiger partial charge in [-0.05, 0) is 68.4 Å². The second kappa shape index (κ2) is 6.00. The van der Waals surface area contributed by atoms with E-state index in [2.05, 4.69) is 15.3 Å². The van der Waals surface area contributed by atoms with Crippen molar-refractivity contribution in [2.24, 2.45) is 23.2 Å². The number of hydrogen-bond acceptors (Lipinski definition) is 3. The summed E-state index contributed by atoms with van der Waals surface area (Å²) in [5.74, 6) is 4.45. The van der Waals surface area contributed by atoms with E-state index >= 15 is 0 Å². The van der Waals surface area contributed by atoms with Gasteiger partial charge in [-0.1, -0.05) is 0 Å². The molecular formula is C21H27N3O2. The molecule has 4 bridgehead atoms. The van der Waals surface area contributed by atoms with Gasteiger partial charge in [0.2, 0.25) is 5.91 Å². The summed E-state index contributed by atoms with van der Waals surface area (Å²) in [4.78, 5) is 20.9. The molecule has 0 atom stereocenters. The number of aromatic nitrogens is 2. The second-order valence-electron chi connectivity index (χ2n) is 8.77. The van der Waals surface area contributed by atoms with Crippen molar-refractivity contribution in [1.82, 2.24) is 15.3 Å². The number of fused-ring (bicyclic) bond motifs is 1. The minimum Gasteiger partial charge on any atom is -0.497 e. The first-order valence-electron chi connectivity index (χ1n) is 9.94. The third-order valence-corrected chi connectivity index (χ3v) is 6.91. The molecule has 1 aromatic heterocycles. The van der Waals surface area contributed by atoms with Crippen LogP contribution in [0.2, 0.25) is 0 Å². The molecule has 1 heterocycles. The van der Waals surface area contributed by atoms with Crippen molar-refractivity contribution in [3.05, 3.63) is 24.0 Å². The number of carbonyl (C=O) groups excluding carboxylic acids is 1. The predicted molar refractivity (Wildman–Crippen MR) is 100.0 cm³/mol. The molecule has 138 valence electrons. The highest BCUT2D eigenvalue weighted by Gasteiger charge is 2.54. The van der Waals surface area contributed by atoms with Crippen LogP contribution in [0.15, 0.2) is 18.2 Å². The first-order valence-corrected chi connectivity index (χ1v) is 9.94. The first kappa shape index (κ1) is 16.2. The number of ether oxygens (including phenoxy) is 1. The van der Waals surface area contributed by atoms with E-state index < -0.39 is 0 Å². The topological polar surface area (TPSA) is 67.0 Å². The number of aromatic amines is 1. The molecule has 0 radical (unpaired) electrons. The van der Waals surface area contributed by atoms with Gasteiger partial charge >= 0.3 is 0 Å². The number of nitrogens with zero attached hydrogens (tertiary/aromatic N) is 1. The monoisotopic (exact) mass is 353 g/mol. The number of carbonyl (C=O) groups is 1. The maximum Gasteiger partial charge on any atom is 0.226 e. The van der Waals surface area contributed by atoms with E-state index in [0.29, 0.717) is 12.5 Å². The Labute approximate surface area is 153 Å². The van der Waals surface area contributed by atoms with Crippen LogP contribution in [0.5, 0.6) is 5.75 Å². The lowest BCUT2D eigenvalue weighted by molar-refractivity contribution is -0.146. The smallest absolute Gasteiger partial charge is 0.226 e. The summed E-state index contributed by atoms with van der Waals surface area (Å²) in [5.41, 5.74) is 1.86. The number of imidazole rings is 1. The molecule has 2 aromatic rings. The summed E-state index contributed by atoms with van der Waals surface area (Å²) in [6, 6.07) is 5.84. The van der Waals surface area contributed by atoms with Crippen molar-refractivity contribution < 1.29 is 9.53 Å².